The third-order valence-corrected chi connectivity index (χ3v) is 3.67. The first kappa shape index (κ1) is 12.7. The summed E-state index contributed by atoms with van der Waals surface area (Å²) in [5, 5.41) is 0. The van der Waals surface area contributed by atoms with Gasteiger partial charge in [-0.05, 0) is 52.1 Å². The van der Waals surface area contributed by atoms with Gasteiger partial charge < -0.3 is 4.90 Å². The highest BCUT2D eigenvalue weighted by Crippen LogP contribution is 2.21. The van der Waals surface area contributed by atoms with Crippen LogP contribution in [0.4, 0.5) is 0 Å². The van der Waals surface area contributed by atoms with E-state index in [0.717, 1.165) is 12.3 Å². The Balaban J connectivity index is 2.39. The molecule has 0 radical (unpaired) electrons. The quantitative estimate of drug-likeness (QED) is 0.712. The Bertz CT molecular complexity index is 203. The normalized spacial score (nSPS) is 25.9. The third kappa shape index (κ3) is 4.33. The largest absolute Gasteiger partial charge is 0.300 e. The van der Waals surface area contributed by atoms with Gasteiger partial charge in [0, 0.05) is 12.5 Å². The van der Waals surface area contributed by atoms with Crippen LogP contribution in [0.5, 0.6) is 0 Å². The second-order valence-electron chi connectivity index (χ2n) is 5.00. The second-order valence-corrected chi connectivity index (χ2v) is 5.00. The first-order chi connectivity index (χ1) is 7.13. The monoisotopic (exact) mass is 211 g/mol. The van der Waals surface area contributed by atoms with Gasteiger partial charge in [0.05, 0.1) is 0 Å². The number of nitrogens with zero attached hydrogens (tertiary/aromatic N) is 1. The second kappa shape index (κ2) is 6.26. The van der Waals surface area contributed by atoms with E-state index < -0.39 is 0 Å². The van der Waals surface area contributed by atoms with Gasteiger partial charge in [0.15, 0.2) is 0 Å². The highest BCUT2D eigenvalue weighted by molar-refractivity contribution is 5.76. The van der Waals surface area contributed by atoms with E-state index in [1.807, 2.05) is 0 Å². The standard InChI is InChI=1S/C13H25NO/c1-4-13-6-5-8-14(9-7-13)11(2)10-12(3)15/h11,13H,4-10H2,1-3H3. The molecule has 1 fully saturated rings. The van der Waals surface area contributed by atoms with E-state index in [2.05, 4.69) is 18.7 Å². The first-order valence-electron chi connectivity index (χ1n) is 6.37. The summed E-state index contributed by atoms with van der Waals surface area (Å²) in [5.41, 5.74) is 0. The highest BCUT2D eigenvalue weighted by atomic mass is 16.1. The van der Waals surface area contributed by atoms with Crippen molar-refractivity contribution in [2.75, 3.05) is 13.1 Å². The maximum atomic E-state index is 11.1. The number of carbonyl (C=O) groups is 1. The molecule has 0 aromatic heterocycles. The van der Waals surface area contributed by atoms with Crippen molar-refractivity contribution < 1.29 is 4.79 Å². The van der Waals surface area contributed by atoms with Gasteiger partial charge in [-0.15, -0.1) is 0 Å². The van der Waals surface area contributed by atoms with Crippen LogP contribution in [0.3, 0.4) is 0 Å². The van der Waals surface area contributed by atoms with E-state index >= 15 is 0 Å². The van der Waals surface area contributed by atoms with Gasteiger partial charge in [0.25, 0.3) is 0 Å². The van der Waals surface area contributed by atoms with Gasteiger partial charge >= 0.3 is 0 Å². The van der Waals surface area contributed by atoms with Crippen molar-refractivity contribution in [2.24, 2.45) is 5.92 Å². The van der Waals surface area contributed by atoms with Crippen LogP contribution in [0.25, 0.3) is 0 Å². The summed E-state index contributed by atoms with van der Waals surface area (Å²) in [6.07, 6.45) is 6.03. The number of Topliss-reactive ketones (excluding diaryl/α,β-unsaturated/α-hetero) is 1. The minimum absolute atomic E-state index is 0.318. The highest BCUT2D eigenvalue weighted by Gasteiger charge is 2.20. The molecule has 1 saturated heterocycles. The molecule has 0 bridgehead atoms. The average molecular weight is 211 g/mol. The fourth-order valence-corrected chi connectivity index (χ4v) is 2.58. The number of likely N-dealkylation sites (tertiary alicyclic amines) is 1. The predicted octanol–water partition coefficient (Wildman–Crippen LogP) is 2.87. The van der Waals surface area contributed by atoms with Crippen molar-refractivity contribution in [3.63, 3.8) is 0 Å². The molecule has 1 aliphatic rings. The number of ketones is 1. The summed E-state index contributed by atoms with van der Waals surface area (Å²) < 4.78 is 0. The predicted molar refractivity (Wildman–Crippen MR) is 64.0 cm³/mol. The lowest BCUT2D eigenvalue weighted by Crippen LogP contribution is -2.35. The van der Waals surface area contributed by atoms with Gasteiger partial charge in [0.1, 0.15) is 5.78 Å². The fraction of sp³-hybridized carbons (Fsp3) is 0.923. The summed E-state index contributed by atoms with van der Waals surface area (Å²) in [6, 6.07) is 0.443. The Morgan fingerprint density at radius 1 is 1.40 bits per heavy atom. The Hall–Kier alpha value is -0.370. The van der Waals surface area contributed by atoms with Crippen LogP contribution in [0.2, 0.25) is 0 Å². The van der Waals surface area contributed by atoms with E-state index in [1.54, 1.807) is 6.92 Å². The van der Waals surface area contributed by atoms with Gasteiger partial charge in [-0.3, -0.25) is 4.79 Å². The number of hydrogen-bond donors (Lipinski definition) is 0. The Morgan fingerprint density at radius 3 is 2.73 bits per heavy atom. The zero-order valence-electron chi connectivity index (χ0n) is 10.5. The Morgan fingerprint density at radius 2 is 2.13 bits per heavy atom. The smallest absolute Gasteiger partial charge is 0.131 e. The van der Waals surface area contributed by atoms with E-state index in [1.165, 1.54) is 38.8 Å². The fourth-order valence-electron chi connectivity index (χ4n) is 2.58. The molecule has 1 rings (SSSR count). The first-order valence-corrected chi connectivity index (χ1v) is 6.37. The molecule has 1 aliphatic heterocycles. The number of carbonyl (C=O) groups excluding carboxylic acids is 1. The van der Waals surface area contributed by atoms with E-state index in [-0.39, 0.29) is 0 Å². The van der Waals surface area contributed by atoms with Crippen molar-refractivity contribution in [2.45, 2.75) is 58.9 Å². The van der Waals surface area contributed by atoms with Crippen molar-refractivity contribution in [3.8, 4) is 0 Å². The number of hydrogen-bond acceptors (Lipinski definition) is 2. The van der Waals surface area contributed by atoms with Crippen LogP contribution in [-0.4, -0.2) is 29.8 Å². The SMILES string of the molecule is CCC1CCCN(C(C)CC(C)=O)CC1. The van der Waals surface area contributed by atoms with Crippen LogP contribution < -0.4 is 0 Å². The average Bonchev–Trinajstić information content (AvgIpc) is 2.41. The van der Waals surface area contributed by atoms with Crippen LogP contribution >= 0.6 is 0 Å². The molecule has 0 aromatic rings. The van der Waals surface area contributed by atoms with Crippen LogP contribution in [0.1, 0.15) is 52.9 Å². The molecule has 2 nitrogen and oxygen atoms in total. The lowest BCUT2D eigenvalue weighted by atomic mass is 9.98. The molecule has 1 heterocycles. The summed E-state index contributed by atoms with van der Waals surface area (Å²) >= 11 is 0. The van der Waals surface area contributed by atoms with Gasteiger partial charge in [-0.1, -0.05) is 13.3 Å². The maximum absolute atomic E-state index is 11.1. The van der Waals surface area contributed by atoms with Crippen molar-refractivity contribution in [1.29, 1.82) is 0 Å². The van der Waals surface area contributed by atoms with Crippen molar-refractivity contribution in [1.82, 2.24) is 4.90 Å². The maximum Gasteiger partial charge on any atom is 0.131 e. The van der Waals surface area contributed by atoms with E-state index in [4.69, 9.17) is 0 Å². The summed E-state index contributed by atoms with van der Waals surface area (Å²) in [4.78, 5) is 13.6. The van der Waals surface area contributed by atoms with Gasteiger partial charge in [-0.2, -0.15) is 0 Å². The molecule has 0 aromatic carbocycles. The Labute approximate surface area is 94.0 Å². The molecule has 2 unspecified atom stereocenters. The molecule has 15 heavy (non-hydrogen) atoms. The molecule has 0 N–H and O–H groups in total. The number of rotatable bonds is 4. The summed E-state index contributed by atoms with van der Waals surface area (Å²) in [7, 11) is 0. The minimum atomic E-state index is 0.318. The molecule has 88 valence electrons. The minimum Gasteiger partial charge on any atom is -0.300 e. The van der Waals surface area contributed by atoms with Crippen molar-refractivity contribution in [3.05, 3.63) is 0 Å². The molecule has 0 spiro atoms. The van der Waals surface area contributed by atoms with E-state index in [0.29, 0.717) is 11.8 Å². The third-order valence-electron chi connectivity index (χ3n) is 3.67. The Kier molecular flexibility index (Phi) is 5.30. The molecular weight excluding hydrogens is 186 g/mol. The lowest BCUT2D eigenvalue weighted by molar-refractivity contribution is -0.118. The van der Waals surface area contributed by atoms with Crippen LogP contribution in [0.15, 0.2) is 0 Å². The zero-order valence-corrected chi connectivity index (χ0v) is 10.5. The van der Waals surface area contributed by atoms with Crippen LogP contribution in [0, 0.1) is 5.92 Å². The molecule has 2 heteroatoms. The van der Waals surface area contributed by atoms with Crippen molar-refractivity contribution >= 4 is 5.78 Å². The topological polar surface area (TPSA) is 20.3 Å². The van der Waals surface area contributed by atoms with Crippen LogP contribution in [-0.2, 0) is 4.79 Å². The zero-order chi connectivity index (χ0) is 11.3. The summed E-state index contributed by atoms with van der Waals surface area (Å²) in [6.45, 7) is 8.55. The van der Waals surface area contributed by atoms with Gasteiger partial charge in [0.2, 0.25) is 0 Å². The van der Waals surface area contributed by atoms with Gasteiger partial charge in [-0.25, -0.2) is 0 Å². The molecule has 0 saturated carbocycles. The lowest BCUT2D eigenvalue weighted by Gasteiger charge is -2.26. The molecular formula is C13H25NO. The van der Waals surface area contributed by atoms with E-state index in [9.17, 15) is 4.79 Å². The molecule has 0 amide bonds. The molecule has 0 aliphatic carbocycles. The summed E-state index contributed by atoms with van der Waals surface area (Å²) in [5.74, 6) is 1.23. The molecule has 2 atom stereocenters.